The fourth-order valence-electron chi connectivity index (χ4n) is 2.96. The van der Waals surface area contributed by atoms with Crippen molar-refractivity contribution in [2.75, 3.05) is 6.61 Å². The number of aromatic nitrogens is 2. The highest BCUT2D eigenvalue weighted by Crippen LogP contribution is 2.31. The highest BCUT2D eigenvalue weighted by Gasteiger charge is 2.25. The zero-order valence-corrected chi connectivity index (χ0v) is 15.3. The van der Waals surface area contributed by atoms with Crippen LogP contribution in [-0.4, -0.2) is 22.1 Å². The average molecular weight is 346 g/mol. The minimum atomic E-state index is -0.455. The second-order valence-electron chi connectivity index (χ2n) is 6.52. The Morgan fingerprint density at radius 2 is 1.96 bits per heavy atom. The van der Waals surface area contributed by atoms with Gasteiger partial charge in [-0.3, -0.25) is 9.36 Å². The maximum atomic E-state index is 11.6. The van der Waals surface area contributed by atoms with Gasteiger partial charge < -0.3 is 4.74 Å². The summed E-state index contributed by atoms with van der Waals surface area (Å²) in [6.45, 7) is 6.27. The molecule has 2 aromatic heterocycles. The molecule has 4 nitrogen and oxygen atoms in total. The molecule has 0 spiro atoms. The number of hydrogen-bond acceptors (Lipinski definition) is 3. The molecule has 0 radical (unpaired) electrons. The van der Waals surface area contributed by atoms with Gasteiger partial charge >= 0.3 is 5.97 Å². The van der Waals surface area contributed by atoms with Gasteiger partial charge in [-0.25, -0.2) is 4.98 Å². The average Bonchev–Trinajstić information content (AvgIpc) is 3.03. The number of esters is 1. The van der Waals surface area contributed by atoms with Crippen LogP contribution in [0.15, 0.2) is 54.7 Å². The smallest absolute Gasteiger partial charge is 0.317 e. The molecule has 0 unspecified atom stereocenters. The second-order valence-corrected chi connectivity index (χ2v) is 6.52. The van der Waals surface area contributed by atoms with E-state index in [0.29, 0.717) is 6.61 Å². The van der Waals surface area contributed by atoms with E-state index in [2.05, 4.69) is 53.4 Å². The third-order valence-corrected chi connectivity index (χ3v) is 4.17. The van der Waals surface area contributed by atoms with E-state index in [4.69, 9.17) is 4.74 Å². The highest BCUT2D eigenvalue weighted by molar-refractivity contribution is 5.83. The maximum absolute atomic E-state index is 11.6. The van der Waals surface area contributed by atoms with Gasteiger partial charge in [0.2, 0.25) is 0 Å². The summed E-state index contributed by atoms with van der Waals surface area (Å²) in [6.07, 6.45) is 1.88. The zero-order valence-electron chi connectivity index (χ0n) is 15.3. The van der Waals surface area contributed by atoms with Crippen LogP contribution in [0.4, 0.5) is 0 Å². The normalized spacial score (nSPS) is 11.0. The summed E-state index contributed by atoms with van der Waals surface area (Å²) >= 11 is 0. The number of benzene rings is 1. The SMILES string of the molecule is CCOC(=O)CC#CC(C)(C)c1cc2ccccc2n1-c1ccccn1. The molecule has 3 rings (SSSR count). The fourth-order valence-corrected chi connectivity index (χ4v) is 2.96. The molecule has 0 aliphatic rings. The van der Waals surface area contributed by atoms with E-state index in [-0.39, 0.29) is 12.4 Å². The Hall–Kier alpha value is -3.06. The number of pyridine rings is 1. The summed E-state index contributed by atoms with van der Waals surface area (Å²) in [5.41, 5.74) is 1.67. The van der Waals surface area contributed by atoms with Crippen molar-refractivity contribution in [1.29, 1.82) is 0 Å². The van der Waals surface area contributed by atoms with Crippen LogP contribution in [0.2, 0.25) is 0 Å². The minimum absolute atomic E-state index is 0.0983. The summed E-state index contributed by atoms with van der Waals surface area (Å²) in [7, 11) is 0. The Morgan fingerprint density at radius 1 is 1.19 bits per heavy atom. The van der Waals surface area contributed by atoms with E-state index in [1.54, 1.807) is 13.1 Å². The number of carbonyl (C=O) groups is 1. The Bertz CT molecular complexity index is 976. The van der Waals surface area contributed by atoms with Crippen molar-refractivity contribution in [3.8, 4) is 17.7 Å². The monoisotopic (exact) mass is 346 g/mol. The predicted molar refractivity (Wildman–Crippen MR) is 103 cm³/mol. The van der Waals surface area contributed by atoms with Crippen LogP contribution in [-0.2, 0) is 14.9 Å². The topological polar surface area (TPSA) is 44.1 Å². The highest BCUT2D eigenvalue weighted by atomic mass is 16.5. The molecule has 0 aliphatic heterocycles. The van der Waals surface area contributed by atoms with Crippen LogP contribution in [0.3, 0.4) is 0 Å². The summed E-state index contributed by atoms with van der Waals surface area (Å²) in [6, 6.07) is 16.2. The summed E-state index contributed by atoms with van der Waals surface area (Å²) in [5.74, 6) is 6.77. The molecule has 0 saturated heterocycles. The van der Waals surface area contributed by atoms with Crippen molar-refractivity contribution in [3.05, 3.63) is 60.4 Å². The lowest BCUT2D eigenvalue weighted by Gasteiger charge is -2.21. The number of nitrogens with zero attached hydrogens (tertiary/aromatic N) is 2. The molecular weight excluding hydrogens is 324 g/mol. The Morgan fingerprint density at radius 3 is 2.69 bits per heavy atom. The third-order valence-electron chi connectivity index (χ3n) is 4.17. The first-order valence-corrected chi connectivity index (χ1v) is 8.71. The molecule has 0 aliphatic carbocycles. The minimum Gasteiger partial charge on any atom is -0.465 e. The van der Waals surface area contributed by atoms with Crippen molar-refractivity contribution < 1.29 is 9.53 Å². The van der Waals surface area contributed by atoms with Crippen LogP contribution in [0.1, 0.15) is 32.9 Å². The van der Waals surface area contributed by atoms with Gasteiger partial charge in [0.05, 0.1) is 17.5 Å². The van der Waals surface area contributed by atoms with E-state index in [0.717, 1.165) is 22.4 Å². The number of ether oxygens (including phenoxy) is 1. The Balaban J connectivity index is 2.07. The lowest BCUT2D eigenvalue weighted by Crippen LogP contribution is -2.19. The lowest BCUT2D eigenvalue weighted by atomic mass is 9.89. The maximum Gasteiger partial charge on any atom is 0.317 e. The summed E-state index contributed by atoms with van der Waals surface area (Å²) < 4.78 is 7.08. The predicted octanol–water partition coefficient (Wildman–Crippen LogP) is 4.26. The molecule has 0 fully saturated rings. The van der Waals surface area contributed by atoms with Crippen molar-refractivity contribution in [2.24, 2.45) is 0 Å². The molecule has 0 N–H and O–H groups in total. The van der Waals surface area contributed by atoms with Gasteiger partial charge in [0.25, 0.3) is 0 Å². The fraction of sp³-hybridized carbons (Fsp3) is 0.273. The van der Waals surface area contributed by atoms with Crippen molar-refractivity contribution in [2.45, 2.75) is 32.6 Å². The first-order chi connectivity index (χ1) is 12.5. The van der Waals surface area contributed by atoms with Crippen molar-refractivity contribution in [1.82, 2.24) is 9.55 Å². The van der Waals surface area contributed by atoms with E-state index >= 15 is 0 Å². The molecular formula is C22H22N2O2. The first-order valence-electron chi connectivity index (χ1n) is 8.71. The van der Waals surface area contributed by atoms with E-state index in [1.165, 1.54) is 0 Å². The summed E-state index contributed by atoms with van der Waals surface area (Å²) in [4.78, 5) is 16.1. The van der Waals surface area contributed by atoms with Crippen LogP contribution in [0.5, 0.6) is 0 Å². The van der Waals surface area contributed by atoms with Gasteiger partial charge in [0.1, 0.15) is 12.2 Å². The van der Waals surface area contributed by atoms with Crippen LogP contribution < -0.4 is 0 Å². The van der Waals surface area contributed by atoms with Gasteiger partial charge in [0, 0.05) is 17.3 Å². The van der Waals surface area contributed by atoms with Gasteiger partial charge in [-0.1, -0.05) is 36.1 Å². The Labute approximate surface area is 153 Å². The number of para-hydroxylation sites is 1. The van der Waals surface area contributed by atoms with E-state index < -0.39 is 5.41 Å². The molecule has 0 amide bonds. The van der Waals surface area contributed by atoms with E-state index in [9.17, 15) is 4.79 Å². The summed E-state index contributed by atoms with van der Waals surface area (Å²) in [5, 5.41) is 1.13. The van der Waals surface area contributed by atoms with E-state index in [1.807, 2.05) is 30.3 Å². The molecule has 1 aromatic carbocycles. The molecule has 26 heavy (non-hydrogen) atoms. The molecule has 3 aromatic rings. The van der Waals surface area contributed by atoms with Gasteiger partial charge in [-0.2, -0.15) is 0 Å². The first kappa shape index (κ1) is 17.8. The van der Waals surface area contributed by atoms with Crippen LogP contribution in [0, 0.1) is 11.8 Å². The number of rotatable bonds is 4. The molecule has 0 saturated carbocycles. The van der Waals surface area contributed by atoms with Crippen LogP contribution in [0.25, 0.3) is 16.7 Å². The van der Waals surface area contributed by atoms with Gasteiger partial charge in [-0.15, -0.1) is 0 Å². The van der Waals surface area contributed by atoms with Gasteiger partial charge in [0.15, 0.2) is 0 Å². The standard InChI is InChI=1S/C22H22N2O2/c1-4-26-21(25)13-9-14-22(2,3)19-16-17-10-5-6-11-18(17)24(19)20-12-7-8-15-23-20/h5-8,10-12,15-16H,4,13H2,1-3H3. The quantitative estimate of drug-likeness (QED) is 0.524. The second kappa shape index (κ2) is 7.45. The largest absolute Gasteiger partial charge is 0.465 e. The Kier molecular flexibility index (Phi) is 5.09. The zero-order chi connectivity index (χ0) is 18.6. The van der Waals surface area contributed by atoms with Crippen molar-refractivity contribution >= 4 is 16.9 Å². The molecule has 0 bridgehead atoms. The third kappa shape index (κ3) is 3.62. The number of carbonyl (C=O) groups excluding carboxylic acids is 1. The molecule has 132 valence electrons. The van der Waals surface area contributed by atoms with Crippen LogP contribution >= 0.6 is 0 Å². The lowest BCUT2D eigenvalue weighted by molar-refractivity contribution is -0.141. The molecule has 2 heterocycles. The molecule has 0 atom stereocenters. The number of fused-ring (bicyclic) bond motifs is 1. The number of hydrogen-bond donors (Lipinski definition) is 0. The van der Waals surface area contributed by atoms with Gasteiger partial charge in [-0.05, 0) is 45.0 Å². The molecule has 4 heteroatoms. The van der Waals surface area contributed by atoms with Crippen molar-refractivity contribution in [3.63, 3.8) is 0 Å².